The molecule has 0 saturated heterocycles. The monoisotopic (exact) mass is 652 g/mol. The van der Waals surface area contributed by atoms with E-state index in [-0.39, 0.29) is 5.41 Å². The Balaban J connectivity index is 1.20. The SMILES string of the molecule is CC1(C)c2ccc(-c3c4ccccc4c(-c4ccc5ccccc5c4)c4ccccc34)cc2-c2c1ccc1c2sc2ccc3ccccc3c21. The lowest BCUT2D eigenvalue weighted by atomic mass is 9.81. The minimum absolute atomic E-state index is 0.0836. The molecule has 0 nitrogen and oxygen atoms in total. The van der Waals surface area contributed by atoms with Crippen molar-refractivity contribution in [3.05, 3.63) is 169 Å². The van der Waals surface area contributed by atoms with Crippen LogP contribution in [0.4, 0.5) is 0 Å². The fourth-order valence-corrected chi connectivity index (χ4v) is 10.4. The molecule has 1 aliphatic carbocycles. The molecular formula is C49H32S. The number of hydrogen-bond acceptors (Lipinski definition) is 1. The molecule has 0 atom stereocenters. The van der Waals surface area contributed by atoms with Crippen molar-refractivity contribution >= 4 is 74.6 Å². The van der Waals surface area contributed by atoms with E-state index >= 15 is 0 Å². The third-order valence-corrected chi connectivity index (χ3v) is 12.6. The van der Waals surface area contributed by atoms with Gasteiger partial charge < -0.3 is 0 Å². The molecule has 1 heteroatoms. The third kappa shape index (κ3) is 3.76. The summed E-state index contributed by atoms with van der Waals surface area (Å²) in [4.78, 5) is 0. The van der Waals surface area contributed by atoms with Gasteiger partial charge in [0.2, 0.25) is 0 Å². The number of hydrogen-bond donors (Lipinski definition) is 0. The van der Waals surface area contributed by atoms with Crippen LogP contribution in [-0.4, -0.2) is 0 Å². The van der Waals surface area contributed by atoms with Crippen molar-refractivity contribution in [3.63, 3.8) is 0 Å². The molecule has 11 rings (SSSR count). The van der Waals surface area contributed by atoms with Crippen LogP contribution < -0.4 is 0 Å². The second kappa shape index (κ2) is 10.1. The highest BCUT2D eigenvalue weighted by molar-refractivity contribution is 7.26. The molecule has 0 aliphatic heterocycles. The van der Waals surface area contributed by atoms with E-state index in [0.29, 0.717) is 0 Å². The molecule has 0 saturated carbocycles. The summed E-state index contributed by atoms with van der Waals surface area (Å²) in [5.41, 5.74) is 10.7. The van der Waals surface area contributed by atoms with Crippen LogP contribution in [0.15, 0.2) is 158 Å². The first-order valence-corrected chi connectivity index (χ1v) is 18.3. The molecule has 0 bridgehead atoms. The molecule has 9 aromatic carbocycles. The molecule has 0 N–H and O–H groups in total. The van der Waals surface area contributed by atoms with Gasteiger partial charge in [0.05, 0.1) is 0 Å². The maximum absolute atomic E-state index is 2.51. The summed E-state index contributed by atoms with van der Waals surface area (Å²) in [6.45, 7) is 4.80. The first kappa shape index (κ1) is 28.1. The van der Waals surface area contributed by atoms with Gasteiger partial charge >= 0.3 is 0 Å². The zero-order chi connectivity index (χ0) is 33.1. The largest absolute Gasteiger partial charge is 0.134 e. The summed E-state index contributed by atoms with van der Waals surface area (Å²) in [6, 6.07) is 59.2. The highest BCUT2D eigenvalue weighted by atomic mass is 32.1. The van der Waals surface area contributed by atoms with E-state index in [1.807, 2.05) is 11.3 Å². The summed E-state index contributed by atoms with van der Waals surface area (Å²) < 4.78 is 2.76. The summed E-state index contributed by atoms with van der Waals surface area (Å²) >= 11 is 1.95. The second-order valence-corrected chi connectivity index (χ2v) is 15.5. The molecule has 1 aliphatic rings. The van der Waals surface area contributed by atoms with Crippen LogP contribution in [0.2, 0.25) is 0 Å². The van der Waals surface area contributed by atoms with Crippen molar-refractivity contribution in [1.82, 2.24) is 0 Å². The van der Waals surface area contributed by atoms with Gasteiger partial charge in [0.25, 0.3) is 0 Å². The summed E-state index contributed by atoms with van der Waals surface area (Å²) in [6.07, 6.45) is 0. The highest BCUT2D eigenvalue weighted by Crippen LogP contribution is 2.55. The highest BCUT2D eigenvalue weighted by Gasteiger charge is 2.37. The van der Waals surface area contributed by atoms with Crippen molar-refractivity contribution in [1.29, 1.82) is 0 Å². The predicted octanol–water partition coefficient (Wildman–Crippen LogP) is 14.3. The molecule has 0 fully saturated rings. The van der Waals surface area contributed by atoms with Crippen molar-refractivity contribution in [2.45, 2.75) is 19.3 Å². The molecular weight excluding hydrogens is 621 g/mol. The second-order valence-electron chi connectivity index (χ2n) is 14.4. The van der Waals surface area contributed by atoms with Gasteiger partial charge in [-0.15, -0.1) is 11.3 Å². The quantitative estimate of drug-likeness (QED) is 0.163. The van der Waals surface area contributed by atoms with Crippen LogP contribution in [0.3, 0.4) is 0 Å². The average Bonchev–Trinajstić information content (AvgIpc) is 3.65. The Morgan fingerprint density at radius 3 is 1.64 bits per heavy atom. The van der Waals surface area contributed by atoms with Crippen molar-refractivity contribution in [3.8, 4) is 33.4 Å². The van der Waals surface area contributed by atoms with E-state index in [2.05, 4.69) is 172 Å². The topological polar surface area (TPSA) is 0 Å². The lowest BCUT2D eigenvalue weighted by molar-refractivity contribution is 0.661. The Hall–Kier alpha value is -5.76. The fourth-order valence-electron chi connectivity index (χ4n) is 9.09. The van der Waals surface area contributed by atoms with Crippen molar-refractivity contribution < 1.29 is 0 Å². The van der Waals surface area contributed by atoms with Gasteiger partial charge in [-0.1, -0.05) is 153 Å². The summed E-state index contributed by atoms with van der Waals surface area (Å²) in [5, 5.41) is 13.1. The fraction of sp³-hybridized carbons (Fsp3) is 0.0612. The summed E-state index contributed by atoms with van der Waals surface area (Å²) in [5.74, 6) is 0. The molecule has 1 aromatic heterocycles. The number of fused-ring (bicyclic) bond motifs is 12. The van der Waals surface area contributed by atoms with Gasteiger partial charge in [-0.2, -0.15) is 0 Å². The minimum atomic E-state index is -0.0836. The number of rotatable bonds is 2. The van der Waals surface area contributed by atoms with Gasteiger partial charge in [-0.25, -0.2) is 0 Å². The smallest absolute Gasteiger partial charge is 0.0437 e. The molecule has 234 valence electrons. The molecule has 50 heavy (non-hydrogen) atoms. The average molecular weight is 653 g/mol. The predicted molar refractivity (Wildman–Crippen MR) is 218 cm³/mol. The van der Waals surface area contributed by atoms with Crippen LogP contribution in [0.25, 0.3) is 96.6 Å². The lowest BCUT2D eigenvalue weighted by Gasteiger charge is -2.22. The van der Waals surface area contributed by atoms with Gasteiger partial charge in [0, 0.05) is 31.2 Å². The van der Waals surface area contributed by atoms with Gasteiger partial charge in [-0.3, -0.25) is 0 Å². The molecule has 0 radical (unpaired) electrons. The van der Waals surface area contributed by atoms with E-state index in [0.717, 1.165) is 0 Å². The Morgan fingerprint density at radius 2 is 0.940 bits per heavy atom. The Bertz CT molecular complexity index is 3010. The Morgan fingerprint density at radius 1 is 0.400 bits per heavy atom. The first-order chi connectivity index (χ1) is 24.6. The van der Waals surface area contributed by atoms with Crippen molar-refractivity contribution in [2.75, 3.05) is 0 Å². The molecule has 0 unspecified atom stereocenters. The van der Waals surface area contributed by atoms with Gasteiger partial charge in [0.15, 0.2) is 0 Å². The molecule has 0 spiro atoms. The van der Waals surface area contributed by atoms with Crippen LogP contribution in [-0.2, 0) is 5.41 Å². The van der Waals surface area contributed by atoms with Crippen LogP contribution >= 0.6 is 11.3 Å². The van der Waals surface area contributed by atoms with Gasteiger partial charge in [-0.05, 0) is 100 Å². The number of thiophene rings is 1. The van der Waals surface area contributed by atoms with Gasteiger partial charge in [0.1, 0.15) is 0 Å². The van der Waals surface area contributed by atoms with Crippen LogP contribution in [0.5, 0.6) is 0 Å². The standard InChI is InChI=1S/C49H32S/c1-49(2)41-24-21-33(28-40(41)47-42(49)25-23-39-46-34-14-6-5-12-30(34)22-26-43(46)50-48(39)47)45-37-17-9-7-15-35(37)44(36-16-8-10-18-38(36)45)32-20-19-29-11-3-4-13-31(29)27-32/h3-28H,1-2H3. The molecule has 1 heterocycles. The van der Waals surface area contributed by atoms with E-state index in [9.17, 15) is 0 Å². The van der Waals surface area contributed by atoms with Crippen LogP contribution in [0, 0.1) is 0 Å². The first-order valence-electron chi connectivity index (χ1n) is 17.5. The maximum Gasteiger partial charge on any atom is 0.0437 e. The Labute approximate surface area is 294 Å². The molecule has 10 aromatic rings. The van der Waals surface area contributed by atoms with Crippen LogP contribution in [0.1, 0.15) is 25.0 Å². The number of benzene rings is 9. The zero-order valence-electron chi connectivity index (χ0n) is 27.9. The molecule has 0 amide bonds. The Kier molecular flexibility index (Phi) is 5.70. The van der Waals surface area contributed by atoms with Crippen molar-refractivity contribution in [2.24, 2.45) is 0 Å². The zero-order valence-corrected chi connectivity index (χ0v) is 28.7. The maximum atomic E-state index is 2.51. The van der Waals surface area contributed by atoms with E-state index in [1.165, 1.54) is 108 Å². The lowest BCUT2D eigenvalue weighted by Crippen LogP contribution is -2.14. The third-order valence-electron chi connectivity index (χ3n) is 11.4. The van der Waals surface area contributed by atoms with E-state index in [4.69, 9.17) is 0 Å². The van der Waals surface area contributed by atoms with E-state index in [1.54, 1.807) is 0 Å². The van der Waals surface area contributed by atoms with E-state index < -0.39 is 0 Å². The minimum Gasteiger partial charge on any atom is -0.134 e. The normalized spacial score (nSPS) is 13.6. The summed E-state index contributed by atoms with van der Waals surface area (Å²) in [7, 11) is 0.